The van der Waals surface area contributed by atoms with Crippen molar-refractivity contribution in [3.63, 3.8) is 0 Å². The van der Waals surface area contributed by atoms with E-state index in [-0.39, 0.29) is 5.43 Å². The topological polar surface area (TPSA) is 63.0 Å². The first-order valence-corrected chi connectivity index (χ1v) is 7.80. The summed E-state index contributed by atoms with van der Waals surface area (Å²) in [5.41, 5.74) is 2.57. The molecule has 0 spiro atoms. The molecular weight excluding hydrogens is 356 g/mol. The Bertz CT molecular complexity index is 1100. The van der Waals surface area contributed by atoms with Gasteiger partial charge in [0.2, 0.25) is 5.43 Å². The van der Waals surface area contributed by atoms with Crippen LogP contribution in [0.2, 0.25) is 0 Å². The highest BCUT2D eigenvalue weighted by Crippen LogP contribution is 2.18. The van der Waals surface area contributed by atoms with Gasteiger partial charge in [-0.15, -0.1) is 0 Å². The SMILES string of the molecule is O=c1c2cc(Br)ccc2[nH]c2c1ncn2N=Cc1ccccc1. The third-order valence-electron chi connectivity index (χ3n) is 3.57. The maximum Gasteiger partial charge on any atom is 0.217 e. The second-order valence-electron chi connectivity index (χ2n) is 5.09. The Balaban J connectivity index is 1.89. The maximum absolute atomic E-state index is 12.6. The zero-order valence-electron chi connectivity index (χ0n) is 11.9. The number of hydrogen-bond donors (Lipinski definition) is 1. The Kier molecular flexibility index (Phi) is 3.31. The van der Waals surface area contributed by atoms with E-state index < -0.39 is 0 Å². The van der Waals surface area contributed by atoms with Crippen molar-refractivity contribution in [1.82, 2.24) is 14.6 Å². The second-order valence-corrected chi connectivity index (χ2v) is 6.00. The smallest absolute Gasteiger partial charge is 0.217 e. The van der Waals surface area contributed by atoms with Crippen molar-refractivity contribution in [2.24, 2.45) is 5.10 Å². The summed E-state index contributed by atoms with van der Waals surface area (Å²) in [5, 5.41) is 4.98. The lowest BCUT2D eigenvalue weighted by molar-refractivity contribution is 0.902. The third kappa shape index (κ3) is 2.47. The van der Waals surface area contributed by atoms with E-state index in [1.807, 2.05) is 42.5 Å². The van der Waals surface area contributed by atoms with Crippen LogP contribution >= 0.6 is 15.9 Å². The van der Waals surface area contributed by atoms with Crippen LogP contribution in [0.15, 0.2) is 69.2 Å². The number of aromatic nitrogens is 3. The molecule has 0 amide bonds. The molecule has 2 heterocycles. The number of pyridine rings is 1. The van der Waals surface area contributed by atoms with Gasteiger partial charge in [0.25, 0.3) is 0 Å². The van der Waals surface area contributed by atoms with Crippen LogP contribution in [0.4, 0.5) is 0 Å². The zero-order valence-corrected chi connectivity index (χ0v) is 13.5. The number of rotatable bonds is 2. The van der Waals surface area contributed by atoms with E-state index in [0.717, 1.165) is 15.6 Å². The number of H-pyrrole nitrogens is 1. The van der Waals surface area contributed by atoms with E-state index in [2.05, 4.69) is 31.0 Å². The Labute approximate surface area is 139 Å². The molecule has 0 fully saturated rings. The van der Waals surface area contributed by atoms with E-state index in [9.17, 15) is 4.79 Å². The molecule has 0 atom stereocenters. The molecule has 0 aliphatic heterocycles. The standard InChI is InChI=1S/C17H11BrN4O/c18-12-6-7-14-13(8-12)16(23)15-17(21-14)22(10-19-15)20-9-11-4-2-1-3-5-11/h1-10H,(H,21,23). The van der Waals surface area contributed by atoms with Crippen molar-refractivity contribution in [1.29, 1.82) is 0 Å². The molecule has 2 aromatic heterocycles. The van der Waals surface area contributed by atoms with Crippen molar-refractivity contribution in [2.45, 2.75) is 0 Å². The number of fused-ring (bicyclic) bond motifs is 2. The minimum Gasteiger partial charge on any atom is -0.338 e. The molecule has 2 aromatic carbocycles. The highest BCUT2D eigenvalue weighted by molar-refractivity contribution is 9.10. The van der Waals surface area contributed by atoms with Crippen molar-refractivity contribution in [3.8, 4) is 0 Å². The molecule has 112 valence electrons. The van der Waals surface area contributed by atoms with Crippen molar-refractivity contribution < 1.29 is 0 Å². The van der Waals surface area contributed by atoms with E-state index in [1.165, 1.54) is 6.33 Å². The predicted molar refractivity (Wildman–Crippen MR) is 95.0 cm³/mol. The average Bonchev–Trinajstić information content (AvgIpc) is 2.98. The lowest BCUT2D eigenvalue weighted by Gasteiger charge is -2.01. The van der Waals surface area contributed by atoms with Crippen LogP contribution in [0.25, 0.3) is 22.1 Å². The van der Waals surface area contributed by atoms with Crippen molar-refractivity contribution in [2.75, 3.05) is 0 Å². The molecule has 4 aromatic rings. The first-order chi connectivity index (χ1) is 11.2. The lowest BCUT2D eigenvalue weighted by atomic mass is 10.2. The van der Waals surface area contributed by atoms with Gasteiger partial charge < -0.3 is 4.98 Å². The zero-order chi connectivity index (χ0) is 15.8. The number of imidazole rings is 1. The van der Waals surface area contributed by atoms with Gasteiger partial charge in [-0.1, -0.05) is 46.3 Å². The molecule has 4 rings (SSSR count). The molecule has 0 unspecified atom stereocenters. The van der Waals surface area contributed by atoms with E-state index in [0.29, 0.717) is 16.6 Å². The quantitative estimate of drug-likeness (QED) is 0.551. The molecular formula is C17H11BrN4O. The van der Waals surface area contributed by atoms with Crippen LogP contribution in [-0.2, 0) is 0 Å². The summed E-state index contributed by atoms with van der Waals surface area (Å²) in [6.07, 6.45) is 3.27. The van der Waals surface area contributed by atoms with Crippen molar-refractivity contribution >= 4 is 44.2 Å². The molecule has 0 saturated carbocycles. The van der Waals surface area contributed by atoms with Crippen LogP contribution < -0.4 is 5.43 Å². The minimum absolute atomic E-state index is 0.108. The summed E-state index contributed by atoms with van der Waals surface area (Å²) in [4.78, 5) is 20.0. The summed E-state index contributed by atoms with van der Waals surface area (Å²) >= 11 is 3.38. The molecule has 23 heavy (non-hydrogen) atoms. The monoisotopic (exact) mass is 366 g/mol. The summed E-state index contributed by atoms with van der Waals surface area (Å²) < 4.78 is 2.43. The molecule has 0 aliphatic rings. The molecule has 0 radical (unpaired) electrons. The van der Waals surface area contributed by atoms with Crippen molar-refractivity contribution in [3.05, 3.63) is 75.1 Å². The number of hydrogen-bond acceptors (Lipinski definition) is 3. The first kappa shape index (κ1) is 13.9. The number of aromatic amines is 1. The molecule has 5 nitrogen and oxygen atoms in total. The van der Waals surface area contributed by atoms with E-state index >= 15 is 0 Å². The minimum atomic E-state index is -0.108. The predicted octanol–water partition coefficient (Wildman–Crippen LogP) is 3.52. The van der Waals surface area contributed by atoms with Gasteiger partial charge >= 0.3 is 0 Å². The van der Waals surface area contributed by atoms with Gasteiger partial charge in [-0.3, -0.25) is 4.79 Å². The van der Waals surface area contributed by atoms with Gasteiger partial charge in [0.05, 0.1) is 11.7 Å². The Hall–Kier alpha value is -2.73. The van der Waals surface area contributed by atoms with E-state index in [4.69, 9.17) is 0 Å². The Morgan fingerprint density at radius 2 is 2.00 bits per heavy atom. The van der Waals surface area contributed by atoms with Crippen LogP contribution in [0.3, 0.4) is 0 Å². The first-order valence-electron chi connectivity index (χ1n) is 7.00. The van der Waals surface area contributed by atoms with Gasteiger partial charge in [-0.25, -0.2) is 9.66 Å². The fourth-order valence-corrected chi connectivity index (χ4v) is 2.81. The molecule has 0 bridgehead atoms. The highest BCUT2D eigenvalue weighted by Gasteiger charge is 2.10. The van der Waals surface area contributed by atoms with Gasteiger partial charge in [-0.05, 0) is 23.8 Å². The maximum atomic E-state index is 12.6. The fourth-order valence-electron chi connectivity index (χ4n) is 2.45. The number of nitrogens with zero attached hydrogens (tertiary/aromatic N) is 3. The number of halogens is 1. The Morgan fingerprint density at radius 1 is 1.17 bits per heavy atom. The normalized spacial score (nSPS) is 11.7. The fraction of sp³-hybridized carbons (Fsp3) is 0. The largest absolute Gasteiger partial charge is 0.338 e. The molecule has 0 aliphatic carbocycles. The number of benzene rings is 2. The van der Waals surface area contributed by atoms with Gasteiger partial charge in [0, 0.05) is 9.86 Å². The Morgan fingerprint density at radius 3 is 2.83 bits per heavy atom. The van der Waals surface area contributed by atoms with Gasteiger partial charge in [-0.2, -0.15) is 5.10 Å². The van der Waals surface area contributed by atoms with E-state index in [1.54, 1.807) is 17.0 Å². The number of nitrogens with one attached hydrogen (secondary N) is 1. The molecule has 1 N–H and O–H groups in total. The van der Waals surface area contributed by atoms with Crippen LogP contribution in [0.5, 0.6) is 0 Å². The van der Waals surface area contributed by atoms with Gasteiger partial charge in [0.15, 0.2) is 11.2 Å². The van der Waals surface area contributed by atoms with Crippen LogP contribution in [-0.4, -0.2) is 20.9 Å². The average molecular weight is 367 g/mol. The third-order valence-corrected chi connectivity index (χ3v) is 4.07. The summed E-state index contributed by atoms with van der Waals surface area (Å²) in [5.74, 6) is 0. The summed E-state index contributed by atoms with van der Waals surface area (Å²) in [7, 11) is 0. The second kappa shape index (κ2) is 5.48. The van der Waals surface area contributed by atoms with Gasteiger partial charge in [0.1, 0.15) is 6.33 Å². The van der Waals surface area contributed by atoms with Crippen LogP contribution in [0.1, 0.15) is 5.56 Å². The van der Waals surface area contributed by atoms with Crippen LogP contribution in [0, 0.1) is 0 Å². The lowest BCUT2D eigenvalue weighted by Crippen LogP contribution is -2.05. The summed E-state index contributed by atoms with van der Waals surface area (Å²) in [6.45, 7) is 0. The molecule has 0 saturated heterocycles. The highest BCUT2D eigenvalue weighted by atomic mass is 79.9. The molecule has 6 heteroatoms. The summed E-state index contributed by atoms with van der Waals surface area (Å²) in [6, 6.07) is 15.3.